The van der Waals surface area contributed by atoms with Gasteiger partial charge in [-0.05, 0) is 80.5 Å². The number of benzene rings is 2. The van der Waals surface area contributed by atoms with Crippen molar-refractivity contribution in [3.05, 3.63) is 46.2 Å². The molecule has 2 N–H and O–H groups in total. The molecule has 0 spiro atoms. The lowest BCUT2D eigenvalue weighted by Crippen LogP contribution is -2.49. The molecule has 2 aliphatic rings. The number of alkyl halides is 6. The van der Waals surface area contributed by atoms with Crippen LogP contribution in [0.15, 0.2) is 44.2 Å². The number of aliphatic carboxylic acids is 1. The Morgan fingerprint density at radius 1 is 0.980 bits per heavy atom. The number of aromatic nitrogens is 2. The lowest BCUT2D eigenvalue weighted by molar-refractivity contribution is -0.157. The molecule has 6 rings (SSSR count). The maximum absolute atomic E-state index is 12.6. The largest absolute Gasteiger partial charge is 0.483 e. The van der Waals surface area contributed by atoms with Gasteiger partial charge in [-0.25, -0.2) is 0 Å². The van der Waals surface area contributed by atoms with Crippen LogP contribution in [0.3, 0.4) is 0 Å². The number of fused-ring (bicyclic) bond motifs is 2. The van der Waals surface area contributed by atoms with Crippen LogP contribution in [0.25, 0.3) is 21.9 Å². The SMILES string of the molecule is Cc1ccc2o[nH]c(=O)c2c1OCC(F)(F)F.O=C(O)C1(CN2CCC(COc3noc4cccc(OCC(F)(F)F)c34)CC2)CCOCC1. The fourth-order valence-electron chi connectivity index (χ4n) is 5.91. The first-order chi connectivity index (χ1) is 23.6. The van der Waals surface area contributed by atoms with Gasteiger partial charge in [0.25, 0.3) is 11.4 Å². The van der Waals surface area contributed by atoms with Gasteiger partial charge in [0.15, 0.2) is 24.4 Å². The summed E-state index contributed by atoms with van der Waals surface area (Å²) < 4.78 is 105. The van der Waals surface area contributed by atoms with Crippen LogP contribution >= 0.6 is 0 Å². The molecule has 0 aliphatic carbocycles. The number of carboxylic acids is 1. The number of nitrogens with one attached hydrogen (secondary N) is 1. The van der Waals surface area contributed by atoms with Crippen molar-refractivity contribution < 1.29 is 64.2 Å². The summed E-state index contributed by atoms with van der Waals surface area (Å²) in [5, 5.41) is 15.9. The maximum Gasteiger partial charge on any atom is 0.422 e. The van der Waals surface area contributed by atoms with Crippen molar-refractivity contribution >= 4 is 27.9 Å². The van der Waals surface area contributed by atoms with E-state index in [4.69, 9.17) is 23.3 Å². The van der Waals surface area contributed by atoms with Gasteiger partial charge in [-0.2, -0.15) is 31.5 Å². The van der Waals surface area contributed by atoms with Crippen molar-refractivity contribution in [1.29, 1.82) is 0 Å². The number of aromatic amines is 1. The highest BCUT2D eigenvalue weighted by Gasteiger charge is 2.42. The topological polar surface area (TPSA) is 149 Å². The summed E-state index contributed by atoms with van der Waals surface area (Å²) in [6.45, 7) is 1.98. The third kappa shape index (κ3) is 9.21. The van der Waals surface area contributed by atoms with Gasteiger partial charge in [-0.3, -0.25) is 9.59 Å². The second-order valence-corrected chi connectivity index (χ2v) is 12.3. The number of likely N-dealkylation sites (tertiary alicyclic amines) is 1. The standard InChI is InChI=1S/C22H27F3N2O6.C10H8F3NO3/c23-22(24,25)14-32-16-2-1-3-17-18(16)19(26-33-17)31-12-15-4-8-27(9-5-15)13-21(20(28)29)6-10-30-11-7-21;1-5-2-3-6-7(9(15)14-17-6)8(5)16-4-10(11,12)13/h1-3,15H,4-14H2,(H,28,29);2-3H,4H2,1H3,(H,14,15). The summed E-state index contributed by atoms with van der Waals surface area (Å²) in [5.41, 5.74) is -0.476. The highest BCUT2D eigenvalue weighted by atomic mass is 19.4. The average Bonchev–Trinajstić information content (AvgIpc) is 3.66. The molecule has 2 aliphatic heterocycles. The first-order valence-electron chi connectivity index (χ1n) is 15.7. The Hall–Kier alpha value is -4.45. The molecule has 2 fully saturated rings. The number of H-pyrrole nitrogens is 1. The first-order valence-corrected chi connectivity index (χ1v) is 15.7. The predicted octanol–water partition coefficient (Wildman–Crippen LogP) is 6.11. The second-order valence-electron chi connectivity index (χ2n) is 12.3. The van der Waals surface area contributed by atoms with Crippen molar-refractivity contribution in [1.82, 2.24) is 15.2 Å². The number of piperidine rings is 1. The lowest BCUT2D eigenvalue weighted by atomic mass is 9.79. The molecule has 0 radical (unpaired) electrons. The van der Waals surface area contributed by atoms with Gasteiger partial charge in [-0.15, -0.1) is 0 Å². The van der Waals surface area contributed by atoms with Gasteiger partial charge >= 0.3 is 18.3 Å². The van der Waals surface area contributed by atoms with E-state index in [2.05, 4.69) is 14.8 Å². The third-order valence-corrected chi connectivity index (χ3v) is 8.59. The number of hydrogen-bond acceptors (Lipinski definition) is 10. The third-order valence-electron chi connectivity index (χ3n) is 8.59. The van der Waals surface area contributed by atoms with Gasteiger partial charge in [0.2, 0.25) is 0 Å². The van der Waals surface area contributed by atoms with Gasteiger partial charge in [-0.1, -0.05) is 12.1 Å². The van der Waals surface area contributed by atoms with Gasteiger partial charge in [0.1, 0.15) is 22.3 Å². The summed E-state index contributed by atoms with van der Waals surface area (Å²) in [6, 6.07) is 7.54. The van der Waals surface area contributed by atoms with Crippen LogP contribution in [0.5, 0.6) is 17.4 Å². The Balaban J connectivity index is 0.000000240. The van der Waals surface area contributed by atoms with Crippen molar-refractivity contribution in [3.8, 4) is 17.4 Å². The first kappa shape index (κ1) is 36.8. The zero-order valence-electron chi connectivity index (χ0n) is 26.8. The van der Waals surface area contributed by atoms with Crippen LogP contribution in [0.1, 0.15) is 31.2 Å². The van der Waals surface area contributed by atoms with Gasteiger partial charge in [0.05, 0.1) is 12.0 Å². The second kappa shape index (κ2) is 15.2. The van der Waals surface area contributed by atoms with E-state index >= 15 is 0 Å². The van der Waals surface area contributed by atoms with E-state index in [-0.39, 0.29) is 45.2 Å². The van der Waals surface area contributed by atoms with E-state index < -0.39 is 42.5 Å². The molecule has 12 nitrogen and oxygen atoms in total. The fraction of sp³-hybridized carbons (Fsp3) is 0.531. The number of carbonyl (C=O) groups is 1. The average molecular weight is 720 g/mol. The predicted molar refractivity (Wildman–Crippen MR) is 163 cm³/mol. The van der Waals surface area contributed by atoms with Gasteiger partial charge < -0.3 is 38.0 Å². The summed E-state index contributed by atoms with van der Waals surface area (Å²) in [5.74, 6) is -0.539. The molecular weight excluding hydrogens is 684 g/mol. The minimum atomic E-state index is -4.46. The van der Waals surface area contributed by atoms with E-state index in [1.165, 1.54) is 24.3 Å². The molecule has 274 valence electrons. The van der Waals surface area contributed by atoms with Crippen molar-refractivity contribution in [2.45, 2.75) is 45.0 Å². The Bertz CT molecular complexity index is 1800. The fourth-order valence-corrected chi connectivity index (χ4v) is 5.91. The molecule has 18 heteroatoms. The minimum Gasteiger partial charge on any atom is -0.483 e. The highest BCUT2D eigenvalue weighted by molar-refractivity contribution is 5.88. The Labute approximate surface area is 280 Å². The molecular formula is C32H35F6N3O9. The molecule has 2 aromatic carbocycles. The molecule has 4 aromatic rings. The molecule has 0 saturated carbocycles. The van der Waals surface area contributed by atoms with Crippen LogP contribution in [0.2, 0.25) is 0 Å². The van der Waals surface area contributed by atoms with E-state index in [1.54, 1.807) is 13.0 Å². The molecule has 0 unspecified atom stereocenters. The van der Waals surface area contributed by atoms with Crippen molar-refractivity contribution in [2.24, 2.45) is 11.3 Å². The molecule has 50 heavy (non-hydrogen) atoms. The smallest absolute Gasteiger partial charge is 0.422 e. The number of aryl methyl sites for hydroxylation is 1. The normalized spacial score (nSPS) is 17.3. The number of rotatable bonds is 10. The monoisotopic (exact) mass is 719 g/mol. The lowest BCUT2D eigenvalue weighted by Gasteiger charge is -2.40. The Morgan fingerprint density at radius 3 is 2.32 bits per heavy atom. The van der Waals surface area contributed by atoms with E-state index in [1.807, 2.05) is 5.16 Å². The molecule has 0 amide bonds. The number of halogens is 6. The minimum absolute atomic E-state index is 0.00532. The van der Waals surface area contributed by atoms with E-state index in [9.17, 15) is 41.0 Å². The number of nitrogens with zero attached hydrogens (tertiary/aromatic N) is 2. The molecule has 0 atom stereocenters. The number of carboxylic acid groups (broad SMARTS) is 1. The van der Waals surface area contributed by atoms with Crippen molar-refractivity contribution in [3.63, 3.8) is 0 Å². The Morgan fingerprint density at radius 2 is 1.66 bits per heavy atom. The van der Waals surface area contributed by atoms with E-state index in [0.717, 1.165) is 25.9 Å². The molecule has 2 saturated heterocycles. The molecule has 0 bridgehead atoms. The van der Waals surface area contributed by atoms with Crippen molar-refractivity contribution in [2.75, 3.05) is 52.7 Å². The maximum atomic E-state index is 12.6. The highest BCUT2D eigenvalue weighted by Crippen LogP contribution is 2.36. The van der Waals surface area contributed by atoms with Gasteiger partial charge in [0, 0.05) is 19.8 Å². The quantitative estimate of drug-likeness (QED) is 0.183. The van der Waals surface area contributed by atoms with Crippen LogP contribution in [-0.2, 0) is 9.53 Å². The zero-order chi connectivity index (χ0) is 36.1. The van der Waals surface area contributed by atoms with Crippen LogP contribution < -0.4 is 19.8 Å². The number of hydrogen-bond donors (Lipinski definition) is 2. The molecule has 2 aromatic heterocycles. The summed E-state index contributed by atoms with van der Waals surface area (Å²) in [4.78, 5) is 25.4. The zero-order valence-corrected chi connectivity index (χ0v) is 26.8. The van der Waals surface area contributed by atoms with Crippen LogP contribution in [0.4, 0.5) is 26.3 Å². The van der Waals surface area contributed by atoms with E-state index in [0.29, 0.717) is 44.8 Å². The Kier molecular flexibility index (Phi) is 11.2. The number of ether oxygens (including phenoxy) is 4. The summed E-state index contributed by atoms with van der Waals surface area (Å²) >= 11 is 0. The van der Waals surface area contributed by atoms with Crippen LogP contribution in [-0.4, -0.2) is 91.3 Å². The summed E-state index contributed by atoms with van der Waals surface area (Å²) in [6.07, 6.45) is -6.24. The summed E-state index contributed by atoms with van der Waals surface area (Å²) in [7, 11) is 0. The van der Waals surface area contributed by atoms with Crippen LogP contribution in [0, 0.1) is 18.3 Å². The molecule has 4 heterocycles.